The number of rotatable bonds is 5. The zero-order valence-electron chi connectivity index (χ0n) is 13.2. The fraction of sp³-hybridized carbons (Fsp3) is 0.278. The van der Waals surface area contributed by atoms with E-state index in [-0.39, 0.29) is 19.0 Å². The van der Waals surface area contributed by atoms with Crippen LogP contribution < -0.4 is 5.32 Å². The van der Waals surface area contributed by atoms with Crippen LogP contribution >= 0.6 is 11.3 Å². The molecule has 0 aliphatic carbocycles. The van der Waals surface area contributed by atoms with Gasteiger partial charge in [0, 0.05) is 22.0 Å². The van der Waals surface area contributed by atoms with Crippen LogP contribution in [0.1, 0.15) is 17.4 Å². The van der Waals surface area contributed by atoms with Gasteiger partial charge in [-0.25, -0.2) is 0 Å². The molecule has 1 unspecified atom stereocenters. The number of hydrogen-bond acceptors (Lipinski definition) is 3. The Bertz CT molecular complexity index is 819. The van der Waals surface area contributed by atoms with E-state index in [0.29, 0.717) is 0 Å². The standard InChI is InChI=1S/C18H20N2O2S/c1-13-10-20(15-7-4-3-6-14(13)15)11-17(21)19-12-18(2,22)16-8-5-9-23-16/h3-10,22H,11-12H2,1-2H3,(H,19,21). The Balaban J connectivity index is 1.67. The van der Waals surface area contributed by atoms with Crippen molar-refractivity contribution in [2.45, 2.75) is 26.0 Å². The van der Waals surface area contributed by atoms with E-state index in [9.17, 15) is 9.90 Å². The van der Waals surface area contributed by atoms with Crippen LogP contribution in [0, 0.1) is 6.92 Å². The molecular formula is C18H20N2O2S. The average Bonchev–Trinajstić information content (AvgIpc) is 3.16. The molecule has 0 aliphatic heterocycles. The van der Waals surface area contributed by atoms with E-state index in [1.807, 2.05) is 53.4 Å². The molecule has 1 aromatic carbocycles. The van der Waals surface area contributed by atoms with Gasteiger partial charge in [-0.15, -0.1) is 11.3 Å². The highest BCUT2D eigenvalue weighted by atomic mass is 32.1. The lowest BCUT2D eigenvalue weighted by Gasteiger charge is -2.22. The number of aromatic nitrogens is 1. The van der Waals surface area contributed by atoms with Crippen LogP contribution in [0.25, 0.3) is 10.9 Å². The number of aryl methyl sites for hydroxylation is 1. The largest absolute Gasteiger partial charge is 0.383 e. The number of nitrogens with one attached hydrogen (secondary N) is 1. The highest BCUT2D eigenvalue weighted by molar-refractivity contribution is 7.10. The third-order valence-electron chi connectivity index (χ3n) is 3.98. The van der Waals surface area contributed by atoms with Crippen molar-refractivity contribution in [3.63, 3.8) is 0 Å². The van der Waals surface area contributed by atoms with Crippen molar-refractivity contribution in [3.05, 3.63) is 58.4 Å². The van der Waals surface area contributed by atoms with E-state index in [1.54, 1.807) is 6.92 Å². The van der Waals surface area contributed by atoms with Crippen LogP contribution in [-0.2, 0) is 16.9 Å². The van der Waals surface area contributed by atoms with Gasteiger partial charge in [0.2, 0.25) is 5.91 Å². The molecule has 0 saturated heterocycles. The molecule has 2 heterocycles. The zero-order valence-corrected chi connectivity index (χ0v) is 14.1. The summed E-state index contributed by atoms with van der Waals surface area (Å²) in [5, 5.41) is 16.4. The predicted octanol–water partition coefficient (Wildman–Crippen LogP) is 3.04. The fourth-order valence-corrected chi connectivity index (χ4v) is 3.50. The summed E-state index contributed by atoms with van der Waals surface area (Å²) in [6, 6.07) is 11.8. The Morgan fingerprint density at radius 1 is 1.30 bits per heavy atom. The summed E-state index contributed by atoms with van der Waals surface area (Å²) < 4.78 is 1.94. The first-order valence-corrected chi connectivity index (χ1v) is 8.43. The molecule has 0 spiro atoms. The Hall–Kier alpha value is -2.11. The number of benzene rings is 1. The van der Waals surface area contributed by atoms with E-state index >= 15 is 0 Å². The number of carbonyl (C=O) groups excluding carboxylic acids is 1. The Morgan fingerprint density at radius 3 is 2.83 bits per heavy atom. The third-order valence-corrected chi connectivity index (χ3v) is 5.11. The second kappa shape index (κ2) is 6.18. The maximum atomic E-state index is 12.2. The second-order valence-corrected chi connectivity index (χ2v) is 6.93. The quantitative estimate of drug-likeness (QED) is 0.756. The molecule has 1 atom stereocenters. The molecule has 4 nitrogen and oxygen atoms in total. The minimum absolute atomic E-state index is 0.109. The van der Waals surface area contributed by atoms with Crippen LogP contribution in [0.2, 0.25) is 0 Å². The first kappa shape index (κ1) is 15.8. The van der Waals surface area contributed by atoms with Crippen LogP contribution in [0.5, 0.6) is 0 Å². The van der Waals surface area contributed by atoms with Gasteiger partial charge in [-0.05, 0) is 36.9 Å². The maximum Gasteiger partial charge on any atom is 0.240 e. The van der Waals surface area contributed by atoms with Crippen LogP contribution in [0.4, 0.5) is 0 Å². The highest BCUT2D eigenvalue weighted by Crippen LogP contribution is 2.24. The molecule has 0 saturated carbocycles. The predicted molar refractivity (Wildman–Crippen MR) is 93.6 cm³/mol. The van der Waals surface area contributed by atoms with Crippen molar-refractivity contribution in [3.8, 4) is 0 Å². The van der Waals surface area contributed by atoms with Gasteiger partial charge in [0.15, 0.2) is 0 Å². The van der Waals surface area contributed by atoms with Gasteiger partial charge in [0.1, 0.15) is 12.1 Å². The average molecular weight is 328 g/mol. The molecule has 3 rings (SSSR count). The van der Waals surface area contributed by atoms with Crippen LogP contribution in [-0.4, -0.2) is 22.1 Å². The molecule has 1 amide bonds. The number of hydrogen-bond donors (Lipinski definition) is 2. The summed E-state index contributed by atoms with van der Waals surface area (Å²) >= 11 is 1.48. The molecule has 0 aliphatic rings. The summed E-state index contributed by atoms with van der Waals surface area (Å²) in [5.74, 6) is -0.109. The molecule has 0 radical (unpaired) electrons. The maximum absolute atomic E-state index is 12.2. The lowest BCUT2D eigenvalue weighted by atomic mass is 10.1. The van der Waals surface area contributed by atoms with Crippen molar-refractivity contribution in [1.29, 1.82) is 0 Å². The molecular weight excluding hydrogens is 308 g/mol. The summed E-state index contributed by atoms with van der Waals surface area (Å²) in [6.07, 6.45) is 1.99. The Labute approximate surface area is 139 Å². The van der Waals surface area contributed by atoms with E-state index < -0.39 is 5.60 Å². The first-order valence-electron chi connectivity index (χ1n) is 7.55. The minimum atomic E-state index is -1.04. The molecule has 5 heteroatoms. The van der Waals surface area contributed by atoms with Crippen molar-refractivity contribution in [2.24, 2.45) is 0 Å². The molecule has 3 aromatic rings. The van der Waals surface area contributed by atoms with Gasteiger partial charge in [0.25, 0.3) is 0 Å². The van der Waals surface area contributed by atoms with Gasteiger partial charge in [-0.1, -0.05) is 24.3 Å². The molecule has 120 valence electrons. The third kappa shape index (κ3) is 3.30. The van der Waals surface area contributed by atoms with Gasteiger partial charge in [0.05, 0.1) is 6.54 Å². The van der Waals surface area contributed by atoms with Gasteiger partial charge < -0.3 is 15.0 Å². The van der Waals surface area contributed by atoms with Gasteiger partial charge in [-0.2, -0.15) is 0 Å². The number of carbonyl (C=O) groups is 1. The second-order valence-electron chi connectivity index (χ2n) is 5.99. The fourth-order valence-electron chi connectivity index (χ4n) is 2.71. The van der Waals surface area contributed by atoms with Crippen molar-refractivity contribution in [2.75, 3.05) is 6.54 Å². The number of nitrogens with zero attached hydrogens (tertiary/aromatic N) is 1. The smallest absolute Gasteiger partial charge is 0.240 e. The number of thiophene rings is 1. The van der Waals surface area contributed by atoms with Gasteiger partial charge in [-0.3, -0.25) is 4.79 Å². The molecule has 0 fully saturated rings. The number of fused-ring (bicyclic) bond motifs is 1. The van der Waals surface area contributed by atoms with Gasteiger partial charge >= 0.3 is 0 Å². The molecule has 0 bridgehead atoms. The van der Waals surface area contributed by atoms with E-state index in [2.05, 4.69) is 11.4 Å². The molecule has 2 N–H and O–H groups in total. The van der Waals surface area contributed by atoms with Crippen LogP contribution in [0.15, 0.2) is 48.0 Å². The summed E-state index contributed by atoms with van der Waals surface area (Å²) in [5.41, 5.74) is 1.16. The number of aliphatic hydroxyl groups is 1. The molecule has 23 heavy (non-hydrogen) atoms. The van der Waals surface area contributed by atoms with E-state index in [0.717, 1.165) is 21.3 Å². The first-order chi connectivity index (χ1) is 11.0. The van der Waals surface area contributed by atoms with E-state index in [1.165, 1.54) is 11.3 Å². The zero-order chi connectivity index (χ0) is 16.4. The van der Waals surface area contributed by atoms with Crippen LogP contribution in [0.3, 0.4) is 0 Å². The lowest BCUT2D eigenvalue weighted by Crippen LogP contribution is -2.39. The number of amides is 1. The topological polar surface area (TPSA) is 54.3 Å². The molecule has 2 aromatic heterocycles. The highest BCUT2D eigenvalue weighted by Gasteiger charge is 2.24. The minimum Gasteiger partial charge on any atom is -0.383 e. The van der Waals surface area contributed by atoms with E-state index in [4.69, 9.17) is 0 Å². The van der Waals surface area contributed by atoms with Crippen molar-refractivity contribution >= 4 is 28.1 Å². The van der Waals surface area contributed by atoms with Crippen molar-refractivity contribution < 1.29 is 9.90 Å². The Kier molecular flexibility index (Phi) is 4.24. The lowest BCUT2D eigenvalue weighted by molar-refractivity contribution is -0.122. The summed E-state index contributed by atoms with van der Waals surface area (Å²) in [6.45, 7) is 4.20. The summed E-state index contributed by atoms with van der Waals surface area (Å²) in [7, 11) is 0. The summed E-state index contributed by atoms with van der Waals surface area (Å²) in [4.78, 5) is 13.1. The van der Waals surface area contributed by atoms with Crippen molar-refractivity contribution in [1.82, 2.24) is 9.88 Å². The normalized spacial score (nSPS) is 13.9. The number of para-hydroxylation sites is 1. The Morgan fingerprint density at radius 2 is 2.09 bits per heavy atom. The SMILES string of the molecule is Cc1cn(CC(=O)NCC(C)(O)c2cccs2)c2ccccc12. The monoisotopic (exact) mass is 328 g/mol.